The normalized spacial score (nSPS) is 14.7. The monoisotopic (exact) mass is 334 g/mol. The van der Waals surface area contributed by atoms with Crippen molar-refractivity contribution in [1.29, 1.82) is 0 Å². The van der Waals surface area contributed by atoms with Gasteiger partial charge in [-0.2, -0.15) is 0 Å². The summed E-state index contributed by atoms with van der Waals surface area (Å²) in [6.45, 7) is 4.00. The highest BCUT2D eigenvalue weighted by Crippen LogP contribution is 2.33. The summed E-state index contributed by atoms with van der Waals surface area (Å²) in [5.74, 6) is -0.864. The molecule has 4 heteroatoms. The summed E-state index contributed by atoms with van der Waals surface area (Å²) < 4.78 is 0. The second-order valence-corrected chi connectivity index (χ2v) is 5.47. The van der Waals surface area contributed by atoms with E-state index < -0.39 is 10.8 Å². The van der Waals surface area contributed by atoms with Crippen LogP contribution < -0.4 is 0 Å². The van der Waals surface area contributed by atoms with Crippen molar-refractivity contribution in [3.05, 3.63) is 34.9 Å². The molecule has 0 fully saturated rings. The van der Waals surface area contributed by atoms with Crippen LogP contribution in [-0.2, 0) is 4.79 Å². The standard InChI is InChI=1S/C11H12Br2O2/c1-6-3-4-8(7(2)5-6)9(12)10(13)11(14)15/h3-5,9-10H,1-2H3,(H,14,15). The van der Waals surface area contributed by atoms with Gasteiger partial charge in [-0.1, -0.05) is 55.6 Å². The largest absolute Gasteiger partial charge is 0.480 e. The molecule has 0 aliphatic heterocycles. The molecule has 0 saturated heterocycles. The summed E-state index contributed by atoms with van der Waals surface area (Å²) in [5, 5.41) is 8.88. The average molecular weight is 336 g/mol. The maximum Gasteiger partial charge on any atom is 0.318 e. The molecular weight excluding hydrogens is 324 g/mol. The van der Waals surface area contributed by atoms with Crippen LogP contribution in [0.2, 0.25) is 0 Å². The Morgan fingerprint density at radius 3 is 2.40 bits per heavy atom. The fourth-order valence-electron chi connectivity index (χ4n) is 1.42. The zero-order chi connectivity index (χ0) is 11.6. The van der Waals surface area contributed by atoms with Gasteiger partial charge in [0.15, 0.2) is 0 Å². The van der Waals surface area contributed by atoms with Gasteiger partial charge in [-0.05, 0) is 25.0 Å². The minimum Gasteiger partial charge on any atom is -0.480 e. The molecule has 0 radical (unpaired) electrons. The molecule has 0 heterocycles. The molecule has 2 atom stereocenters. The van der Waals surface area contributed by atoms with Crippen molar-refractivity contribution in [2.24, 2.45) is 0 Å². The fourth-order valence-corrected chi connectivity index (χ4v) is 2.44. The molecule has 0 saturated carbocycles. The molecule has 82 valence electrons. The number of carbonyl (C=O) groups is 1. The van der Waals surface area contributed by atoms with Crippen LogP contribution in [0.5, 0.6) is 0 Å². The van der Waals surface area contributed by atoms with E-state index in [1.165, 1.54) is 5.56 Å². The summed E-state index contributed by atoms with van der Waals surface area (Å²) >= 11 is 6.55. The molecule has 0 bridgehead atoms. The van der Waals surface area contributed by atoms with E-state index >= 15 is 0 Å². The second kappa shape index (κ2) is 5.12. The molecular formula is C11H12Br2O2. The minimum atomic E-state index is -0.864. The zero-order valence-corrected chi connectivity index (χ0v) is 11.7. The van der Waals surface area contributed by atoms with Crippen molar-refractivity contribution in [3.8, 4) is 0 Å². The first-order chi connectivity index (χ1) is 6.93. The van der Waals surface area contributed by atoms with E-state index in [-0.39, 0.29) is 4.83 Å². The highest BCUT2D eigenvalue weighted by atomic mass is 79.9. The molecule has 2 unspecified atom stereocenters. The number of rotatable bonds is 3. The number of hydrogen-bond acceptors (Lipinski definition) is 1. The third-order valence-corrected chi connectivity index (χ3v) is 4.87. The summed E-state index contributed by atoms with van der Waals surface area (Å²) in [6.07, 6.45) is 0. The Bertz CT molecular complexity index is 377. The first kappa shape index (κ1) is 12.7. The molecule has 0 aliphatic rings. The van der Waals surface area contributed by atoms with Crippen molar-refractivity contribution >= 4 is 37.8 Å². The highest BCUT2D eigenvalue weighted by molar-refractivity contribution is 9.12. The molecule has 1 N–H and O–H groups in total. The first-order valence-electron chi connectivity index (χ1n) is 4.51. The number of benzene rings is 1. The Balaban J connectivity index is 3.01. The lowest BCUT2D eigenvalue weighted by Gasteiger charge is -2.16. The van der Waals surface area contributed by atoms with Crippen molar-refractivity contribution in [1.82, 2.24) is 0 Å². The zero-order valence-electron chi connectivity index (χ0n) is 8.50. The van der Waals surface area contributed by atoms with Crippen LogP contribution in [0, 0.1) is 13.8 Å². The number of carboxylic acids is 1. The van der Waals surface area contributed by atoms with Gasteiger partial charge in [-0.25, -0.2) is 0 Å². The maximum atomic E-state index is 10.8. The Hall–Kier alpha value is -0.350. The van der Waals surface area contributed by atoms with E-state index in [1.54, 1.807) is 0 Å². The van der Waals surface area contributed by atoms with Gasteiger partial charge in [0.1, 0.15) is 4.83 Å². The lowest BCUT2D eigenvalue weighted by molar-refractivity contribution is -0.136. The van der Waals surface area contributed by atoms with Crippen molar-refractivity contribution in [3.63, 3.8) is 0 Å². The maximum absolute atomic E-state index is 10.8. The predicted molar refractivity (Wildman–Crippen MR) is 67.9 cm³/mol. The summed E-state index contributed by atoms with van der Waals surface area (Å²) in [7, 11) is 0. The number of hydrogen-bond donors (Lipinski definition) is 1. The van der Waals surface area contributed by atoms with Crippen molar-refractivity contribution in [2.75, 3.05) is 0 Å². The Kier molecular flexibility index (Phi) is 4.34. The quantitative estimate of drug-likeness (QED) is 0.857. The highest BCUT2D eigenvalue weighted by Gasteiger charge is 2.25. The van der Waals surface area contributed by atoms with Gasteiger partial charge >= 0.3 is 5.97 Å². The number of halogens is 2. The molecule has 1 aromatic rings. The van der Waals surface area contributed by atoms with Gasteiger partial charge in [-0.3, -0.25) is 4.79 Å². The van der Waals surface area contributed by atoms with Gasteiger partial charge in [0.2, 0.25) is 0 Å². The van der Waals surface area contributed by atoms with Crippen LogP contribution >= 0.6 is 31.9 Å². The molecule has 15 heavy (non-hydrogen) atoms. The van der Waals surface area contributed by atoms with Crippen LogP contribution in [0.25, 0.3) is 0 Å². The molecule has 0 aliphatic carbocycles. The van der Waals surface area contributed by atoms with E-state index in [1.807, 2.05) is 32.0 Å². The summed E-state index contributed by atoms with van der Waals surface area (Å²) in [6, 6.07) is 5.99. The molecule has 2 nitrogen and oxygen atoms in total. The topological polar surface area (TPSA) is 37.3 Å². The second-order valence-electron chi connectivity index (χ2n) is 3.50. The van der Waals surface area contributed by atoms with E-state index in [9.17, 15) is 4.79 Å². The Morgan fingerprint density at radius 2 is 1.93 bits per heavy atom. The molecule has 1 aromatic carbocycles. The Labute approximate surface area is 106 Å². The van der Waals surface area contributed by atoms with E-state index in [4.69, 9.17) is 5.11 Å². The van der Waals surface area contributed by atoms with Gasteiger partial charge in [0, 0.05) is 0 Å². The summed E-state index contributed by atoms with van der Waals surface area (Å²) in [4.78, 5) is 9.99. The van der Waals surface area contributed by atoms with E-state index in [0.717, 1.165) is 11.1 Å². The lowest BCUT2D eigenvalue weighted by atomic mass is 10.0. The molecule has 0 amide bonds. The van der Waals surface area contributed by atoms with E-state index in [2.05, 4.69) is 31.9 Å². The van der Waals surface area contributed by atoms with E-state index in [0.29, 0.717) is 0 Å². The van der Waals surface area contributed by atoms with Crippen molar-refractivity contribution in [2.45, 2.75) is 23.5 Å². The Morgan fingerprint density at radius 1 is 1.33 bits per heavy atom. The van der Waals surface area contributed by atoms with Crippen LogP contribution in [0.15, 0.2) is 18.2 Å². The third-order valence-electron chi connectivity index (χ3n) is 2.22. The van der Waals surface area contributed by atoms with Crippen LogP contribution in [0.4, 0.5) is 0 Å². The summed E-state index contributed by atoms with van der Waals surface area (Å²) in [5.41, 5.74) is 3.28. The number of carboxylic acid groups (broad SMARTS) is 1. The fraction of sp³-hybridized carbons (Fsp3) is 0.364. The third kappa shape index (κ3) is 3.05. The van der Waals surface area contributed by atoms with Gasteiger partial charge < -0.3 is 5.11 Å². The minimum absolute atomic E-state index is 0.212. The number of aliphatic carboxylic acids is 1. The first-order valence-corrected chi connectivity index (χ1v) is 6.34. The van der Waals surface area contributed by atoms with Crippen LogP contribution in [0.3, 0.4) is 0 Å². The predicted octanol–water partition coefficient (Wildman–Crippen LogP) is 3.59. The number of aryl methyl sites for hydroxylation is 2. The molecule has 0 spiro atoms. The van der Waals surface area contributed by atoms with Gasteiger partial charge in [0.25, 0.3) is 0 Å². The smallest absolute Gasteiger partial charge is 0.318 e. The SMILES string of the molecule is Cc1ccc(C(Br)C(Br)C(=O)O)c(C)c1. The van der Waals surface area contributed by atoms with Crippen LogP contribution in [-0.4, -0.2) is 15.9 Å². The van der Waals surface area contributed by atoms with Gasteiger partial charge in [0.05, 0.1) is 4.83 Å². The molecule has 1 rings (SSSR count). The lowest BCUT2D eigenvalue weighted by Crippen LogP contribution is -2.18. The van der Waals surface area contributed by atoms with Gasteiger partial charge in [-0.15, -0.1) is 0 Å². The average Bonchev–Trinajstić information content (AvgIpc) is 2.15. The van der Waals surface area contributed by atoms with Crippen LogP contribution in [0.1, 0.15) is 21.5 Å². The number of alkyl halides is 2. The van der Waals surface area contributed by atoms with Crippen molar-refractivity contribution < 1.29 is 9.90 Å². The molecule has 0 aromatic heterocycles.